The van der Waals surface area contributed by atoms with Crippen LogP contribution in [0.4, 0.5) is 11.4 Å². The van der Waals surface area contributed by atoms with Gasteiger partial charge < -0.3 is 19.9 Å². The predicted molar refractivity (Wildman–Crippen MR) is 101 cm³/mol. The molecule has 0 saturated heterocycles. The molecule has 0 spiro atoms. The van der Waals surface area contributed by atoms with E-state index < -0.39 is 6.10 Å². The molecule has 7 nitrogen and oxygen atoms in total. The molecule has 2 N–H and O–H groups in total. The van der Waals surface area contributed by atoms with Crippen molar-refractivity contribution >= 4 is 23.2 Å². The Balaban J connectivity index is 1.56. The van der Waals surface area contributed by atoms with Crippen molar-refractivity contribution in [1.29, 1.82) is 0 Å². The van der Waals surface area contributed by atoms with Crippen LogP contribution in [0.15, 0.2) is 65.3 Å². The van der Waals surface area contributed by atoms with E-state index in [1.807, 2.05) is 18.2 Å². The van der Waals surface area contributed by atoms with Gasteiger partial charge in [0.1, 0.15) is 17.1 Å². The van der Waals surface area contributed by atoms with Crippen molar-refractivity contribution in [3.8, 4) is 5.75 Å². The molecule has 0 radical (unpaired) electrons. The van der Waals surface area contributed by atoms with Gasteiger partial charge in [0.25, 0.3) is 11.8 Å². The maximum absolute atomic E-state index is 12.2. The molecule has 138 valence electrons. The Kier molecular flexibility index (Phi) is 5.51. The summed E-state index contributed by atoms with van der Waals surface area (Å²) in [5.74, 6) is 0.497. The van der Waals surface area contributed by atoms with Crippen LogP contribution in [0.2, 0.25) is 0 Å². The molecule has 3 aromatic rings. The molecule has 7 heteroatoms. The minimum atomic E-state index is -0.650. The topological polar surface area (TPSA) is 93.5 Å². The van der Waals surface area contributed by atoms with E-state index in [2.05, 4.69) is 15.8 Å². The van der Waals surface area contributed by atoms with E-state index in [-0.39, 0.29) is 11.8 Å². The van der Waals surface area contributed by atoms with Gasteiger partial charge in [-0.15, -0.1) is 0 Å². The minimum absolute atomic E-state index is 0.268. The predicted octanol–water partition coefficient (Wildman–Crippen LogP) is 3.64. The average Bonchev–Trinajstić information content (AvgIpc) is 3.10. The molecule has 0 aliphatic carbocycles. The van der Waals surface area contributed by atoms with Gasteiger partial charge >= 0.3 is 0 Å². The molecule has 3 rings (SSSR count). The zero-order valence-electron chi connectivity index (χ0n) is 14.9. The normalized spacial score (nSPS) is 11.5. The van der Waals surface area contributed by atoms with Crippen LogP contribution < -0.4 is 15.4 Å². The molecule has 1 heterocycles. The number of aromatic nitrogens is 1. The lowest BCUT2D eigenvalue weighted by molar-refractivity contribution is -0.122. The highest BCUT2D eigenvalue weighted by molar-refractivity contribution is 6.04. The van der Waals surface area contributed by atoms with Gasteiger partial charge in [-0.05, 0) is 50.2 Å². The highest BCUT2D eigenvalue weighted by atomic mass is 16.5. The van der Waals surface area contributed by atoms with E-state index in [1.54, 1.807) is 50.2 Å². The largest absolute Gasteiger partial charge is 0.481 e. The molecule has 0 fully saturated rings. The third-order valence-electron chi connectivity index (χ3n) is 3.83. The van der Waals surface area contributed by atoms with Gasteiger partial charge in [0.05, 0.1) is 6.20 Å². The van der Waals surface area contributed by atoms with Crippen molar-refractivity contribution in [2.75, 3.05) is 10.6 Å². The van der Waals surface area contributed by atoms with Crippen molar-refractivity contribution in [3.05, 3.63) is 72.1 Å². The maximum atomic E-state index is 12.2. The number of nitrogens with one attached hydrogen (secondary N) is 2. The van der Waals surface area contributed by atoms with Crippen molar-refractivity contribution in [2.24, 2.45) is 0 Å². The second kappa shape index (κ2) is 8.18. The minimum Gasteiger partial charge on any atom is -0.481 e. The first-order chi connectivity index (χ1) is 13.0. The first-order valence-corrected chi connectivity index (χ1v) is 8.38. The Morgan fingerprint density at radius 2 is 1.63 bits per heavy atom. The number of benzene rings is 2. The smallest absolute Gasteiger partial charge is 0.265 e. The number of aryl methyl sites for hydroxylation is 1. The van der Waals surface area contributed by atoms with Crippen LogP contribution in [0.3, 0.4) is 0 Å². The lowest BCUT2D eigenvalue weighted by Gasteiger charge is -2.15. The Labute approximate surface area is 156 Å². The third-order valence-corrected chi connectivity index (χ3v) is 3.83. The van der Waals surface area contributed by atoms with Crippen LogP contribution in [0, 0.1) is 6.92 Å². The van der Waals surface area contributed by atoms with Crippen molar-refractivity contribution in [2.45, 2.75) is 20.0 Å². The summed E-state index contributed by atoms with van der Waals surface area (Å²) in [6.07, 6.45) is 0.719. The Morgan fingerprint density at radius 3 is 2.22 bits per heavy atom. The molecule has 27 heavy (non-hydrogen) atoms. The van der Waals surface area contributed by atoms with Gasteiger partial charge in [-0.25, -0.2) is 0 Å². The summed E-state index contributed by atoms with van der Waals surface area (Å²) in [4.78, 5) is 24.4. The third kappa shape index (κ3) is 4.72. The monoisotopic (exact) mass is 365 g/mol. The number of anilines is 2. The molecule has 0 bridgehead atoms. The second-order valence-electron chi connectivity index (χ2n) is 5.89. The molecule has 2 aromatic carbocycles. The van der Waals surface area contributed by atoms with Gasteiger partial charge in [0.2, 0.25) is 0 Å². The van der Waals surface area contributed by atoms with Crippen LogP contribution in [0.25, 0.3) is 0 Å². The van der Waals surface area contributed by atoms with Crippen LogP contribution in [-0.4, -0.2) is 23.1 Å². The Bertz CT molecular complexity index is 920. The Morgan fingerprint density at radius 1 is 1.00 bits per heavy atom. The Hall–Kier alpha value is -3.61. The highest BCUT2D eigenvalue weighted by Gasteiger charge is 2.15. The molecule has 1 aromatic heterocycles. The number of ether oxygens (including phenoxy) is 1. The van der Waals surface area contributed by atoms with Crippen molar-refractivity contribution in [1.82, 2.24) is 5.16 Å². The number of hydrogen-bond donors (Lipinski definition) is 2. The quantitative estimate of drug-likeness (QED) is 0.696. The summed E-state index contributed by atoms with van der Waals surface area (Å²) >= 11 is 0. The van der Waals surface area contributed by atoms with Crippen molar-refractivity contribution in [3.63, 3.8) is 0 Å². The summed E-state index contributed by atoms with van der Waals surface area (Å²) < 4.78 is 10.5. The van der Waals surface area contributed by atoms with Crippen LogP contribution >= 0.6 is 0 Å². The molecule has 0 aliphatic rings. The number of para-hydroxylation sites is 1. The van der Waals surface area contributed by atoms with Gasteiger partial charge in [-0.1, -0.05) is 23.4 Å². The number of nitrogens with zero attached hydrogens (tertiary/aromatic N) is 1. The summed E-state index contributed by atoms with van der Waals surface area (Å²) in [5, 5.41) is 9.10. The van der Waals surface area contributed by atoms with E-state index >= 15 is 0 Å². The molecule has 0 aliphatic heterocycles. The SMILES string of the molecule is Cc1oncc1C(=O)Nc1ccc(NC(=O)[C@H](C)Oc2ccccc2)cc1. The standard InChI is InChI=1S/C20H19N3O4/c1-13-18(12-21-27-13)20(25)23-16-10-8-15(9-11-16)22-19(24)14(2)26-17-6-4-3-5-7-17/h3-12,14H,1-2H3,(H,22,24)(H,23,25)/t14-/m0/s1. The second-order valence-corrected chi connectivity index (χ2v) is 5.89. The van der Waals surface area contributed by atoms with E-state index in [4.69, 9.17) is 9.26 Å². The van der Waals surface area contributed by atoms with E-state index in [1.165, 1.54) is 6.20 Å². The fourth-order valence-corrected chi connectivity index (χ4v) is 2.35. The molecule has 1 atom stereocenters. The molecule has 0 saturated carbocycles. The average molecular weight is 365 g/mol. The molecule has 0 unspecified atom stereocenters. The first kappa shape index (κ1) is 18.2. The fourth-order valence-electron chi connectivity index (χ4n) is 2.35. The van der Waals surface area contributed by atoms with Gasteiger partial charge in [0, 0.05) is 11.4 Å². The number of hydrogen-bond acceptors (Lipinski definition) is 5. The number of carbonyl (C=O) groups is 2. The maximum Gasteiger partial charge on any atom is 0.265 e. The molecular weight excluding hydrogens is 346 g/mol. The van der Waals surface area contributed by atoms with Crippen LogP contribution in [0.1, 0.15) is 23.0 Å². The van der Waals surface area contributed by atoms with Gasteiger partial charge in [-0.3, -0.25) is 9.59 Å². The van der Waals surface area contributed by atoms with Gasteiger partial charge in [-0.2, -0.15) is 0 Å². The zero-order valence-corrected chi connectivity index (χ0v) is 14.9. The highest BCUT2D eigenvalue weighted by Crippen LogP contribution is 2.17. The summed E-state index contributed by atoms with van der Waals surface area (Å²) in [5.41, 5.74) is 1.56. The summed E-state index contributed by atoms with van der Waals surface area (Å²) in [6, 6.07) is 15.9. The van der Waals surface area contributed by atoms with Crippen LogP contribution in [0.5, 0.6) is 5.75 Å². The number of amides is 2. The van der Waals surface area contributed by atoms with E-state index in [9.17, 15) is 9.59 Å². The lowest BCUT2D eigenvalue weighted by Crippen LogP contribution is -2.30. The summed E-state index contributed by atoms with van der Waals surface area (Å²) in [7, 11) is 0. The molecular formula is C20H19N3O4. The van der Waals surface area contributed by atoms with E-state index in [0.717, 1.165) is 0 Å². The number of carbonyl (C=O) groups excluding carboxylic acids is 2. The number of rotatable bonds is 6. The lowest BCUT2D eigenvalue weighted by atomic mass is 10.2. The van der Waals surface area contributed by atoms with Crippen LogP contribution in [-0.2, 0) is 4.79 Å². The fraction of sp³-hybridized carbons (Fsp3) is 0.150. The van der Waals surface area contributed by atoms with Gasteiger partial charge in [0.15, 0.2) is 6.10 Å². The van der Waals surface area contributed by atoms with Crippen molar-refractivity contribution < 1.29 is 18.8 Å². The molecule has 2 amide bonds. The zero-order chi connectivity index (χ0) is 19.2. The first-order valence-electron chi connectivity index (χ1n) is 8.38. The summed E-state index contributed by atoms with van der Waals surface area (Å²) in [6.45, 7) is 3.34. The van der Waals surface area contributed by atoms with E-state index in [0.29, 0.717) is 28.4 Å².